The van der Waals surface area contributed by atoms with Gasteiger partial charge in [0.05, 0.1) is 0 Å². The van der Waals surface area contributed by atoms with Crippen LogP contribution in [0.5, 0.6) is 0 Å². The van der Waals surface area contributed by atoms with Crippen LogP contribution >= 0.6 is 11.6 Å². The van der Waals surface area contributed by atoms with E-state index in [1.807, 2.05) is 0 Å². The molecule has 20 heavy (non-hydrogen) atoms. The second-order valence-corrected chi connectivity index (χ2v) is 4.46. The smallest absolute Gasteiger partial charge is 0.255 e. The molecule has 0 bridgehead atoms. The van der Waals surface area contributed by atoms with E-state index >= 15 is 0 Å². The van der Waals surface area contributed by atoms with Crippen molar-refractivity contribution in [1.29, 1.82) is 0 Å². The molecule has 2 aromatic carbocycles. The van der Waals surface area contributed by atoms with Gasteiger partial charge in [-0.2, -0.15) is 0 Å². The van der Waals surface area contributed by atoms with Gasteiger partial charge in [0.15, 0.2) is 5.84 Å². The van der Waals surface area contributed by atoms with E-state index < -0.39 is 0 Å². The Balaban J connectivity index is 2.19. The predicted octanol–water partition coefficient (Wildman–Crippen LogP) is 2.69. The van der Waals surface area contributed by atoms with Gasteiger partial charge < -0.3 is 16.3 Å². The van der Waals surface area contributed by atoms with Crippen LogP contribution in [0.15, 0.2) is 53.7 Å². The maximum Gasteiger partial charge on any atom is 0.255 e. The third kappa shape index (κ3) is 3.27. The Kier molecular flexibility index (Phi) is 4.22. The Bertz CT molecular complexity index is 654. The molecular formula is C14H12ClN3O2. The topological polar surface area (TPSA) is 87.7 Å². The Labute approximate surface area is 120 Å². The molecular weight excluding hydrogens is 278 g/mol. The molecule has 0 aromatic heterocycles. The van der Waals surface area contributed by atoms with Crippen LogP contribution in [-0.4, -0.2) is 17.0 Å². The van der Waals surface area contributed by atoms with Crippen LogP contribution in [-0.2, 0) is 0 Å². The average Bonchev–Trinajstić information content (AvgIpc) is 2.49. The maximum atomic E-state index is 12.1. The second kappa shape index (κ2) is 6.08. The van der Waals surface area contributed by atoms with Gasteiger partial charge in [-0.3, -0.25) is 4.79 Å². The number of anilines is 1. The van der Waals surface area contributed by atoms with Gasteiger partial charge in [0, 0.05) is 21.8 Å². The van der Waals surface area contributed by atoms with Gasteiger partial charge in [-0.1, -0.05) is 28.9 Å². The SMILES string of the molecule is N/C(=N\O)c1cccc(C(=O)Nc2ccc(Cl)cc2)c1. The minimum absolute atomic E-state index is 0.0499. The molecule has 0 atom stereocenters. The first-order valence-corrected chi connectivity index (χ1v) is 6.13. The summed E-state index contributed by atoms with van der Waals surface area (Å²) in [6.07, 6.45) is 0. The lowest BCUT2D eigenvalue weighted by molar-refractivity contribution is 0.102. The van der Waals surface area contributed by atoms with E-state index in [0.717, 1.165) is 0 Å². The van der Waals surface area contributed by atoms with Crippen LogP contribution < -0.4 is 11.1 Å². The molecule has 6 heteroatoms. The summed E-state index contributed by atoms with van der Waals surface area (Å²) >= 11 is 5.77. The van der Waals surface area contributed by atoms with E-state index in [0.29, 0.717) is 21.8 Å². The van der Waals surface area contributed by atoms with E-state index in [1.165, 1.54) is 0 Å². The monoisotopic (exact) mass is 289 g/mol. The Morgan fingerprint density at radius 1 is 1.15 bits per heavy atom. The number of benzene rings is 2. The second-order valence-electron chi connectivity index (χ2n) is 4.03. The van der Waals surface area contributed by atoms with Gasteiger partial charge in [0.25, 0.3) is 5.91 Å². The molecule has 0 fully saturated rings. The van der Waals surface area contributed by atoms with Crippen LogP contribution in [0.3, 0.4) is 0 Å². The third-order valence-corrected chi connectivity index (χ3v) is 2.88. The molecule has 1 amide bonds. The number of oxime groups is 1. The molecule has 5 nitrogen and oxygen atoms in total. The van der Waals surface area contributed by atoms with Crippen LogP contribution in [0.25, 0.3) is 0 Å². The number of amidine groups is 1. The fraction of sp³-hybridized carbons (Fsp3) is 0. The maximum absolute atomic E-state index is 12.1. The number of hydrogen-bond donors (Lipinski definition) is 3. The van der Waals surface area contributed by atoms with Gasteiger partial charge in [0.2, 0.25) is 0 Å². The quantitative estimate of drug-likeness (QED) is 0.351. The molecule has 0 aliphatic carbocycles. The zero-order valence-corrected chi connectivity index (χ0v) is 11.1. The first kappa shape index (κ1) is 13.9. The largest absolute Gasteiger partial charge is 0.409 e. The molecule has 2 aromatic rings. The summed E-state index contributed by atoms with van der Waals surface area (Å²) in [5.41, 5.74) is 6.99. The zero-order valence-electron chi connectivity index (χ0n) is 10.4. The summed E-state index contributed by atoms with van der Waals surface area (Å²) in [5.74, 6) is -0.342. The summed E-state index contributed by atoms with van der Waals surface area (Å²) < 4.78 is 0. The van der Waals surface area contributed by atoms with E-state index in [9.17, 15) is 4.79 Å². The van der Waals surface area contributed by atoms with Crippen molar-refractivity contribution < 1.29 is 10.0 Å². The fourth-order valence-electron chi connectivity index (χ4n) is 1.61. The summed E-state index contributed by atoms with van der Waals surface area (Å²) in [6.45, 7) is 0. The highest BCUT2D eigenvalue weighted by molar-refractivity contribution is 6.30. The number of halogens is 1. The summed E-state index contributed by atoms with van der Waals surface area (Å²) in [6, 6.07) is 13.3. The Hall–Kier alpha value is -2.53. The van der Waals surface area contributed by atoms with Crippen LogP contribution in [0.1, 0.15) is 15.9 Å². The number of rotatable bonds is 3. The number of amides is 1. The number of nitrogens with one attached hydrogen (secondary N) is 1. The van der Waals surface area contributed by atoms with Gasteiger partial charge in [-0.15, -0.1) is 0 Å². The highest BCUT2D eigenvalue weighted by Crippen LogP contribution is 2.15. The molecule has 0 aliphatic rings. The molecule has 0 radical (unpaired) electrons. The lowest BCUT2D eigenvalue weighted by atomic mass is 10.1. The number of nitrogens with two attached hydrogens (primary N) is 1. The van der Waals surface area contributed by atoms with Crippen molar-refractivity contribution in [1.82, 2.24) is 0 Å². The van der Waals surface area contributed by atoms with E-state index in [2.05, 4.69) is 10.5 Å². The number of carbonyl (C=O) groups is 1. The number of nitrogens with zero attached hydrogens (tertiary/aromatic N) is 1. The summed E-state index contributed by atoms with van der Waals surface area (Å²) in [7, 11) is 0. The van der Waals surface area contributed by atoms with Crippen molar-refractivity contribution >= 4 is 29.0 Å². The van der Waals surface area contributed by atoms with E-state index in [1.54, 1.807) is 48.5 Å². The minimum atomic E-state index is -0.292. The normalized spacial score (nSPS) is 11.2. The molecule has 4 N–H and O–H groups in total. The Morgan fingerprint density at radius 2 is 1.80 bits per heavy atom. The van der Waals surface area contributed by atoms with Crippen LogP contribution in [0, 0.1) is 0 Å². The van der Waals surface area contributed by atoms with E-state index in [4.69, 9.17) is 22.5 Å². The van der Waals surface area contributed by atoms with Crippen molar-refractivity contribution in [2.75, 3.05) is 5.32 Å². The minimum Gasteiger partial charge on any atom is -0.409 e. The molecule has 0 heterocycles. The molecule has 0 saturated heterocycles. The molecule has 2 rings (SSSR count). The number of hydrogen-bond acceptors (Lipinski definition) is 3. The van der Waals surface area contributed by atoms with Crippen molar-refractivity contribution in [2.24, 2.45) is 10.9 Å². The summed E-state index contributed by atoms with van der Waals surface area (Å²) in [5, 5.41) is 14.9. The number of carbonyl (C=O) groups excluding carboxylic acids is 1. The first-order chi connectivity index (χ1) is 9.60. The summed E-state index contributed by atoms with van der Waals surface area (Å²) in [4.78, 5) is 12.1. The van der Waals surface area contributed by atoms with Crippen LogP contribution in [0.2, 0.25) is 5.02 Å². The molecule has 0 spiro atoms. The fourth-order valence-corrected chi connectivity index (χ4v) is 1.74. The first-order valence-electron chi connectivity index (χ1n) is 5.75. The molecule has 0 unspecified atom stereocenters. The highest BCUT2D eigenvalue weighted by atomic mass is 35.5. The van der Waals surface area contributed by atoms with Crippen molar-refractivity contribution in [2.45, 2.75) is 0 Å². The van der Waals surface area contributed by atoms with Gasteiger partial charge in [-0.05, 0) is 36.4 Å². The highest BCUT2D eigenvalue weighted by Gasteiger charge is 2.08. The average molecular weight is 290 g/mol. The van der Waals surface area contributed by atoms with Crippen molar-refractivity contribution in [3.8, 4) is 0 Å². The Morgan fingerprint density at radius 3 is 2.45 bits per heavy atom. The lowest BCUT2D eigenvalue weighted by Gasteiger charge is -2.06. The lowest BCUT2D eigenvalue weighted by Crippen LogP contribution is -2.16. The van der Waals surface area contributed by atoms with Crippen molar-refractivity contribution in [3.05, 3.63) is 64.7 Å². The van der Waals surface area contributed by atoms with Crippen LogP contribution in [0.4, 0.5) is 5.69 Å². The zero-order chi connectivity index (χ0) is 14.5. The van der Waals surface area contributed by atoms with Gasteiger partial charge in [-0.25, -0.2) is 0 Å². The van der Waals surface area contributed by atoms with Crippen molar-refractivity contribution in [3.63, 3.8) is 0 Å². The predicted molar refractivity (Wildman–Crippen MR) is 78.4 cm³/mol. The molecule has 0 aliphatic heterocycles. The van der Waals surface area contributed by atoms with Gasteiger partial charge >= 0.3 is 0 Å². The molecule has 0 saturated carbocycles. The molecule has 102 valence electrons. The standard InChI is InChI=1S/C14H12ClN3O2/c15-11-4-6-12(7-5-11)17-14(19)10-3-1-2-9(8-10)13(16)18-20/h1-8,20H,(H2,16,18)(H,17,19). The van der Waals surface area contributed by atoms with Gasteiger partial charge in [0.1, 0.15) is 0 Å². The third-order valence-electron chi connectivity index (χ3n) is 2.63. The van der Waals surface area contributed by atoms with E-state index in [-0.39, 0.29) is 11.7 Å².